The van der Waals surface area contributed by atoms with E-state index in [9.17, 15) is 0 Å². The van der Waals surface area contributed by atoms with Crippen molar-refractivity contribution in [2.24, 2.45) is 5.73 Å². The fourth-order valence-electron chi connectivity index (χ4n) is 1.52. The maximum absolute atomic E-state index is 7.39. The quantitative estimate of drug-likeness (QED) is 0.653. The Bertz CT molecular complexity index is 545. The second-order valence-corrected chi connectivity index (χ2v) is 4.28. The zero-order valence-corrected chi connectivity index (χ0v) is 10.3. The van der Waals surface area contributed by atoms with E-state index in [0.29, 0.717) is 5.56 Å². The Morgan fingerprint density at radius 2 is 2.25 bits per heavy atom. The Morgan fingerprint density at radius 1 is 1.50 bits per heavy atom. The summed E-state index contributed by atoms with van der Waals surface area (Å²) < 4.78 is 2.78. The zero-order valence-electron chi connectivity index (χ0n) is 8.74. The molecular formula is C11H11BrN4. The van der Waals surface area contributed by atoms with E-state index in [1.54, 1.807) is 6.20 Å². The number of aromatic nitrogens is 2. The number of rotatable bonds is 2. The van der Waals surface area contributed by atoms with Gasteiger partial charge in [-0.1, -0.05) is 0 Å². The first-order chi connectivity index (χ1) is 7.59. The van der Waals surface area contributed by atoms with Gasteiger partial charge in [0.2, 0.25) is 0 Å². The second kappa shape index (κ2) is 4.09. The molecule has 0 amide bonds. The molecule has 2 rings (SSSR count). The molecule has 3 N–H and O–H groups in total. The van der Waals surface area contributed by atoms with Gasteiger partial charge in [-0.25, -0.2) is 4.98 Å². The standard InChI is InChI=1S/C11H11BrN4/c1-7-15-4-5-16(7)8-2-3-9(11(13)14)10(12)6-8/h2-6H,1H3,(H3,13,14). The third kappa shape index (κ3) is 1.86. The number of hydrogen-bond acceptors (Lipinski definition) is 2. The average Bonchev–Trinajstić information content (AvgIpc) is 2.63. The van der Waals surface area contributed by atoms with Crippen LogP contribution in [0.25, 0.3) is 5.69 Å². The van der Waals surface area contributed by atoms with Crippen LogP contribution in [0, 0.1) is 12.3 Å². The molecule has 5 heteroatoms. The number of hydrogen-bond donors (Lipinski definition) is 2. The molecule has 0 saturated carbocycles. The summed E-state index contributed by atoms with van der Waals surface area (Å²) in [5.74, 6) is 0.975. The predicted molar refractivity (Wildman–Crippen MR) is 67.0 cm³/mol. The lowest BCUT2D eigenvalue weighted by molar-refractivity contribution is 0.973. The summed E-state index contributed by atoms with van der Waals surface area (Å²) >= 11 is 3.40. The van der Waals surface area contributed by atoms with Gasteiger partial charge in [-0.05, 0) is 41.1 Å². The molecule has 0 spiro atoms. The molecule has 0 aliphatic rings. The number of halogens is 1. The van der Waals surface area contributed by atoms with Crippen molar-refractivity contribution in [1.82, 2.24) is 9.55 Å². The van der Waals surface area contributed by atoms with Crippen molar-refractivity contribution in [3.8, 4) is 5.69 Å². The number of nitrogens with zero attached hydrogens (tertiary/aromatic N) is 2. The first-order valence-corrected chi connectivity index (χ1v) is 5.53. The van der Waals surface area contributed by atoms with Crippen LogP contribution in [0.5, 0.6) is 0 Å². The van der Waals surface area contributed by atoms with E-state index in [1.165, 1.54) is 0 Å². The van der Waals surface area contributed by atoms with Crippen LogP contribution in [-0.2, 0) is 0 Å². The minimum Gasteiger partial charge on any atom is -0.384 e. The van der Waals surface area contributed by atoms with Gasteiger partial charge < -0.3 is 10.3 Å². The number of aryl methyl sites for hydroxylation is 1. The Morgan fingerprint density at radius 3 is 2.75 bits per heavy atom. The summed E-state index contributed by atoms with van der Waals surface area (Å²) in [5, 5.41) is 7.39. The first kappa shape index (κ1) is 10.9. The number of amidine groups is 1. The zero-order chi connectivity index (χ0) is 11.7. The monoisotopic (exact) mass is 278 g/mol. The van der Waals surface area contributed by atoms with E-state index < -0.39 is 0 Å². The highest BCUT2D eigenvalue weighted by atomic mass is 79.9. The summed E-state index contributed by atoms with van der Waals surface area (Å²) in [5.41, 5.74) is 7.14. The van der Waals surface area contributed by atoms with Crippen molar-refractivity contribution < 1.29 is 0 Å². The maximum Gasteiger partial charge on any atom is 0.123 e. The summed E-state index contributed by atoms with van der Waals surface area (Å²) in [6.45, 7) is 1.94. The van der Waals surface area contributed by atoms with Crippen molar-refractivity contribution in [3.63, 3.8) is 0 Å². The lowest BCUT2D eigenvalue weighted by atomic mass is 10.2. The van der Waals surface area contributed by atoms with Crippen molar-refractivity contribution in [1.29, 1.82) is 5.41 Å². The molecule has 0 bridgehead atoms. The molecular weight excluding hydrogens is 268 g/mol. The van der Waals surface area contributed by atoms with E-state index >= 15 is 0 Å². The minimum absolute atomic E-state index is 0.0563. The van der Waals surface area contributed by atoms with Gasteiger partial charge in [-0.2, -0.15) is 0 Å². The van der Waals surface area contributed by atoms with Gasteiger partial charge in [-0.3, -0.25) is 5.41 Å². The van der Waals surface area contributed by atoms with E-state index in [0.717, 1.165) is 16.0 Å². The molecule has 0 atom stereocenters. The minimum atomic E-state index is 0.0563. The largest absolute Gasteiger partial charge is 0.384 e. The summed E-state index contributed by atoms with van der Waals surface area (Å²) in [7, 11) is 0. The molecule has 4 nitrogen and oxygen atoms in total. The topological polar surface area (TPSA) is 67.7 Å². The normalized spacial score (nSPS) is 10.4. The van der Waals surface area contributed by atoms with Crippen molar-refractivity contribution >= 4 is 21.8 Å². The molecule has 0 radical (unpaired) electrons. The van der Waals surface area contributed by atoms with Crippen molar-refractivity contribution in [2.45, 2.75) is 6.92 Å². The summed E-state index contributed by atoms with van der Waals surface area (Å²) in [6, 6.07) is 5.66. The molecule has 82 valence electrons. The van der Waals surface area contributed by atoms with E-state index in [1.807, 2.05) is 35.9 Å². The molecule has 1 heterocycles. The van der Waals surface area contributed by atoms with Crippen molar-refractivity contribution in [2.75, 3.05) is 0 Å². The molecule has 0 saturated heterocycles. The van der Waals surface area contributed by atoms with E-state index in [2.05, 4.69) is 20.9 Å². The van der Waals surface area contributed by atoms with E-state index in [-0.39, 0.29) is 5.84 Å². The van der Waals surface area contributed by atoms with Crippen molar-refractivity contribution in [3.05, 3.63) is 46.5 Å². The van der Waals surface area contributed by atoms with Crippen LogP contribution < -0.4 is 5.73 Å². The lowest BCUT2D eigenvalue weighted by Gasteiger charge is -2.08. The van der Waals surface area contributed by atoms with Crippen LogP contribution in [0.3, 0.4) is 0 Å². The molecule has 1 aromatic carbocycles. The average molecular weight is 279 g/mol. The highest BCUT2D eigenvalue weighted by molar-refractivity contribution is 9.10. The highest BCUT2D eigenvalue weighted by Gasteiger charge is 2.06. The van der Waals surface area contributed by atoms with Crippen LogP contribution in [0.15, 0.2) is 35.1 Å². The molecule has 0 fully saturated rings. The van der Waals surface area contributed by atoms with Gasteiger partial charge in [0.1, 0.15) is 11.7 Å². The number of imidazole rings is 1. The van der Waals surface area contributed by atoms with Gasteiger partial charge in [0.25, 0.3) is 0 Å². The number of nitrogen functional groups attached to an aromatic ring is 1. The number of benzene rings is 1. The SMILES string of the molecule is Cc1nccn1-c1ccc(C(=N)N)c(Br)c1. The van der Waals surface area contributed by atoms with Gasteiger partial charge in [0, 0.05) is 28.1 Å². The Hall–Kier alpha value is -1.62. The third-order valence-corrected chi connectivity index (χ3v) is 3.00. The third-order valence-electron chi connectivity index (χ3n) is 2.35. The summed E-state index contributed by atoms with van der Waals surface area (Å²) in [4.78, 5) is 4.16. The fourth-order valence-corrected chi connectivity index (χ4v) is 2.10. The Kier molecular flexibility index (Phi) is 2.78. The highest BCUT2D eigenvalue weighted by Crippen LogP contribution is 2.21. The van der Waals surface area contributed by atoms with Gasteiger partial charge in [0.05, 0.1) is 0 Å². The summed E-state index contributed by atoms with van der Waals surface area (Å²) in [6.07, 6.45) is 3.65. The Balaban J connectivity index is 2.50. The van der Waals surface area contributed by atoms with Gasteiger partial charge >= 0.3 is 0 Å². The molecule has 2 aromatic rings. The molecule has 0 aliphatic carbocycles. The van der Waals surface area contributed by atoms with Gasteiger partial charge in [0.15, 0.2) is 0 Å². The van der Waals surface area contributed by atoms with Crippen LogP contribution in [0.4, 0.5) is 0 Å². The van der Waals surface area contributed by atoms with Crippen LogP contribution in [0.1, 0.15) is 11.4 Å². The second-order valence-electron chi connectivity index (χ2n) is 3.42. The molecule has 0 unspecified atom stereocenters. The number of nitrogens with two attached hydrogens (primary N) is 1. The molecule has 0 aliphatic heterocycles. The van der Waals surface area contributed by atoms with E-state index in [4.69, 9.17) is 11.1 Å². The first-order valence-electron chi connectivity index (χ1n) is 4.74. The smallest absolute Gasteiger partial charge is 0.123 e. The Labute approximate surface area is 102 Å². The molecule has 16 heavy (non-hydrogen) atoms. The molecule has 1 aromatic heterocycles. The number of nitrogens with one attached hydrogen (secondary N) is 1. The van der Waals surface area contributed by atoms with Crippen LogP contribution in [-0.4, -0.2) is 15.4 Å². The van der Waals surface area contributed by atoms with Gasteiger partial charge in [-0.15, -0.1) is 0 Å². The maximum atomic E-state index is 7.39. The lowest BCUT2D eigenvalue weighted by Crippen LogP contribution is -2.12. The van der Waals surface area contributed by atoms with Crippen LogP contribution in [0.2, 0.25) is 0 Å². The fraction of sp³-hybridized carbons (Fsp3) is 0.0909. The predicted octanol–water partition coefficient (Wildman–Crippen LogP) is 2.23. The van der Waals surface area contributed by atoms with Crippen LogP contribution >= 0.6 is 15.9 Å².